The molecule has 2 saturated heterocycles. The largest absolute Gasteiger partial charge is 0.485 e. The SMILES string of the molecule is C[C@@H]1C[C@]2(C[C@@H](C)[C@H]3[C@@H](C[C@@]4(C)CC/C=C5/C6=CC(CC[C@]34C)OC6=CC(=O)OC5(C)C)O2)OC1=O. The Kier molecular flexibility index (Phi) is 5.20. The smallest absolute Gasteiger partial charge is 0.335 e. The summed E-state index contributed by atoms with van der Waals surface area (Å²) in [7, 11) is 0. The predicted octanol–water partition coefficient (Wildman–Crippen LogP) is 5.77. The van der Waals surface area contributed by atoms with Crippen LogP contribution in [0.15, 0.2) is 35.1 Å². The molecule has 1 saturated carbocycles. The summed E-state index contributed by atoms with van der Waals surface area (Å²) in [5, 5.41) is 0. The van der Waals surface area contributed by atoms with Crippen molar-refractivity contribution in [1.29, 1.82) is 0 Å². The molecule has 4 heterocycles. The van der Waals surface area contributed by atoms with Crippen LogP contribution in [0.25, 0.3) is 0 Å². The van der Waals surface area contributed by atoms with Gasteiger partial charge in [-0.3, -0.25) is 4.79 Å². The van der Waals surface area contributed by atoms with Gasteiger partial charge in [0.05, 0.1) is 18.1 Å². The summed E-state index contributed by atoms with van der Waals surface area (Å²) in [5.74, 6) is 0.104. The van der Waals surface area contributed by atoms with Crippen LogP contribution >= 0.6 is 0 Å². The van der Waals surface area contributed by atoms with Gasteiger partial charge in [-0.25, -0.2) is 4.79 Å². The zero-order valence-corrected chi connectivity index (χ0v) is 22.5. The van der Waals surface area contributed by atoms with Crippen molar-refractivity contribution in [2.24, 2.45) is 28.6 Å². The number of carbonyl (C=O) groups is 2. The van der Waals surface area contributed by atoms with Crippen LogP contribution in [0.2, 0.25) is 0 Å². The Balaban J connectivity index is 1.35. The van der Waals surface area contributed by atoms with Crippen molar-refractivity contribution in [2.75, 3.05) is 0 Å². The normalized spacial score (nSPS) is 48.7. The molecule has 2 aliphatic carbocycles. The highest BCUT2D eigenvalue weighted by molar-refractivity contribution is 5.86. The average molecular weight is 497 g/mol. The molecule has 0 aromatic rings. The van der Waals surface area contributed by atoms with E-state index < -0.39 is 11.4 Å². The number of carbonyl (C=O) groups excluding carboxylic acids is 2. The molecule has 4 aliphatic heterocycles. The first-order valence-electron chi connectivity index (χ1n) is 13.8. The molecule has 6 aliphatic rings. The van der Waals surface area contributed by atoms with Gasteiger partial charge in [-0.05, 0) is 74.7 Å². The first-order valence-corrected chi connectivity index (χ1v) is 13.8. The number of cyclic esters (lactones) is 1. The zero-order chi connectivity index (χ0) is 25.7. The van der Waals surface area contributed by atoms with Crippen LogP contribution in [0.4, 0.5) is 0 Å². The first kappa shape index (κ1) is 24.3. The summed E-state index contributed by atoms with van der Waals surface area (Å²) in [5.41, 5.74) is 1.46. The second kappa shape index (κ2) is 7.72. The van der Waals surface area contributed by atoms with Crippen molar-refractivity contribution in [2.45, 2.75) is 110 Å². The summed E-state index contributed by atoms with van der Waals surface area (Å²) in [6.45, 7) is 13.1. The molecule has 2 bridgehead atoms. The van der Waals surface area contributed by atoms with E-state index in [1.54, 1.807) is 0 Å². The maximum atomic E-state index is 12.5. The predicted molar refractivity (Wildman–Crippen MR) is 133 cm³/mol. The molecule has 0 radical (unpaired) electrons. The Hall–Kier alpha value is -2.08. The lowest BCUT2D eigenvalue weighted by Crippen LogP contribution is -2.50. The Bertz CT molecular complexity index is 1100. The topological polar surface area (TPSA) is 71.1 Å². The lowest BCUT2D eigenvalue weighted by Gasteiger charge is -2.50. The number of rotatable bonds is 0. The minimum Gasteiger partial charge on any atom is -0.485 e. The molecule has 6 nitrogen and oxygen atoms in total. The molecule has 0 amide bonds. The highest BCUT2D eigenvalue weighted by Crippen LogP contribution is 2.67. The molecule has 6 rings (SSSR count). The maximum Gasteiger partial charge on any atom is 0.335 e. The Morgan fingerprint density at radius 3 is 2.47 bits per heavy atom. The molecule has 8 atom stereocenters. The minimum absolute atomic E-state index is 0.0527. The molecule has 196 valence electrons. The number of hydrogen-bond donors (Lipinski definition) is 0. The molecule has 0 N–H and O–H groups in total. The van der Waals surface area contributed by atoms with Crippen LogP contribution in [0, 0.1) is 28.6 Å². The third kappa shape index (κ3) is 3.46. The van der Waals surface area contributed by atoms with E-state index in [9.17, 15) is 9.59 Å². The monoisotopic (exact) mass is 496 g/mol. The summed E-state index contributed by atoms with van der Waals surface area (Å²) >= 11 is 0. The quantitative estimate of drug-likeness (QED) is 0.397. The van der Waals surface area contributed by atoms with Crippen molar-refractivity contribution in [3.05, 3.63) is 35.1 Å². The third-order valence-corrected chi connectivity index (χ3v) is 10.5. The van der Waals surface area contributed by atoms with Gasteiger partial charge in [0.25, 0.3) is 0 Å². The van der Waals surface area contributed by atoms with Crippen molar-refractivity contribution >= 4 is 11.9 Å². The van der Waals surface area contributed by atoms with E-state index in [0.717, 1.165) is 49.7 Å². The van der Waals surface area contributed by atoms with E-state index >= 15 is 0 Å². The van der Waals surface area contributed by atoms with Crippen molar-refractivity contribution in [1.82, 2.24) is 0 Å². The Labute approximate surface area is 214 Å². The molecule has 0 aromatic carbocycles. The van der Waals surface area contributed by atoms with Crippen molar-refractivity contribution in [3.63, 3.8) is 0 Å². The van der Waals surface area contributed by atoms with Crippen molar-refractivity contribution in [3.8, 4) is 0 Å². The van der Waals surface area contributed by atoms with E-state index in [-0.39, 0.29) is 40.9 Å². The fourth-order valence-electron chi connectivity index (χ4n) is 8.70. The summed E-state index contributed by atoms with van der Waals surface area (Å²) in [6, 6.07) is 0. The number of allylic oxidation sites excluding steroid dienone is 2. The van der Waals surface area contributed by atoms with E-state index in [2.05, 4.69) is 32.9 Å². The number of esters is 2. The highest BCUT2D eigenvalue weighted by atomic mass is 16.7. The van der Waals surface area contributed by atoms with Crippen LogP contribution in [0.5, 0.6) is 0 Å². The van der Waals surface area contributed by atoms with E-state index in [1.807, 2.05) is 20.8 Å². The van der Waals surface area contributed by atoms with Crippen LogP contribution < -0.4 is 0 Å². The molecule has 3 fully saturated rings. The van der Waals surface area contributed by atoms with Gasteiger partial charge >= 0.3 is 11.9 Å². The second-order valence-electron chi connectivity index (χ2n) is 13.4. The van der Waals surface area contributed by atoms with Crippen LogP contribution in [-0.2, 0) is 28.5 Å². The lowest BCUT2D eigenvalue weighted by atomic mass is 9.57. The van der Waals surface area contributed by atoms with Gasteiger partial charge < -0.3 is 18.9 Å². The number of fused-ring (bicyclic) bond motifs is 4. The average Bonchev–Trinajstić information content (AvgIpc) is 3.31. The van der Waals surface area contributed by atoms with E-state index in [4.69, 9.17) is 18.9 Å². The second-order valence-corrected chi connectivity index (χ2v) is 13.4. The molecule has 1 unspecified atom stereocenters. The summed E-state index contributed by atoms with van der Waals surface area (Å²) < 4.78 is 24.8. The van der Waals surface area contributed by atoms with Gasteiger partial charge in [0.15, 0.2) is 0 Å². The lowest BCUT2D eigenvalue weighted by molar-refractivity contribution is -0.276. The molecular formula is C30H40O6. The zero-order valence-electron chi connectivity index (χ0n) is 22.5. The van der Waals surface area contributed by atoms with Crippen LogP contribution in [0.1, 0.15) is 86.5 Å². The molecule has 6 heteroatoms. The van der Waals surface area contributed by atoms with Crippen LogP contribution in [-0.4, -0.2) is 35.5 Å². The number of ether oxygens (including phenoxy) is 4. The first-order chi connectivity index (χ1) is 16.8. The Morgan fingerprint density at radius 1 is 0.972 bits per heavy atom. The molecular weight excluding hydrogens is 456 g/mol. The summed E-state index contributed by atoms with van der Waals surface area (Å²) in [6.07, 6.45) is 12.2. The molecule has 0 aromatic heterocycles. The maximum absolute atomic E-state index is 12.5. The van der Waals surface area contributed by atoms with Gasteiger partial charge in [0, 0.05) is 24.0 Å². The van der Waals surface area contributed by atoms with E-state index in [0.29, 0.717) is 24.0 Å². The van der Waals surface area contributed by atoms with Crippen LogP contribution in [0.3, 0.4) is 0 Å². The molecule has 36 heavy (non-hydrogen) atoms. The standard InChI is InChI=1S/C30H40O6/c1-17-14-30(15-18(2)26(32)36-30)34-23-16-28(5)10-7-8-21-20-12-19(9-11-29(28,6)25(17)23)33-22(20)13-24(31)35-27(21,3)4/h8,12-13,17-19,23,25H,7,9-11,14-16H2,1-6H3/b21-8-/t17-,18-,19?,23-,25+,28-,29-,30+/m1/s1. The number of hydrogen-bond acceptors (Lipinski definition) is 6. The van der Waals surface area contributed by atoms with E-state index in [1.165, 1.54) is 6.08 Å². The molecule has 1 spiro atoms. The van der Waals surface area contributed by atoms with Gasteiger partial charge in [0.1, 0.15) is 17.5 Å². The fourth-order valence-corrected chi connectivity index (χ4v) is 8.70. The van der Waals surface area contributed by atoms with Gasteiger partial charge in [-0.15, -0.1) is 0 Å². The van der Waals surface area contributed by atoms with Gasteiger partial charge in [-0.1, -0.05) is 33.8 Å². The fraction of sp³-hybridized carbons (Fsp3) is 0.733. The highest BCUT2D eigenvalue weighted by Gasteiger charge is 2.65. The Morgan fingerprint density at radius 2 is 1.75 bits per heavy atom. The van der Waals surface area contributed by atoms with Crippen molar-refractivity contribution < 1.29 is 28.5 Å². The van der Waals surface area contributed by atoms with Gasteiger partial charge in [0.2, 0.25) is 5.79 Å². The van der Waals surface area contributed by atoms with Gasteiger partial charge in [-0.2, -0.15) is 0 Å². The third-order valence-electron chi connectivity index (χ3n) is 10.5. The minimum atomic E-state index is -0.751. The summed E-state index contributed by atoms with van der Waals surface area (Å²) in [4.78, 5) is 24.8.